The molecule has 19 heavy (non-hydrogen) atoms. The second-order valence-corrected chi connectivity index (χ2v) is 16.3. The second kappa shape index (κ2) is 3.75. The minimum atomic E-state index is -3.40. The summed E-state index contributed by atoms with van der Waals surface area (Å²) in [4.78, 5) is 11.9. The standard InChI is InChI=1S/C12H22F2O3Si2/c1-18(2,3)16-10-7-8-11(10,17-19(4,5)6)12(13,14)9(10)15/h7-8H2,1-6H3. The van der Waals surface area contributed by atoms with Crippen LogP contribution < -0.4 is 0 Å². The molecule has 0 aromatic rings. The van der Waals surface area contributed by atoms with E-state index in [1.165, 1.54) is 0 Å². The molecule has 0 spiro atoms. The molecule has 0 aromatic heterocycles. The van der Waals surface area contributed by atoms with E-state index in [4.69, 9.17) is 8.85 Å². The Morgan fingerprint density at radius 2 is 1.42 bits per heavy atom. The van der Waals surface area contributed by atoms with E-state index in [0.29, 0.717) is 6.42 Å². The van der Waals surface area contributed by atoms with Crippen LogP contribution in [0.5, 0.6) is 0 Å². The fraction of sp³-hybridized carbons (Fsp3) is 0.917. The van der Waals surface area contributed by atoms with Crippen LogP contribution in [0.1, 0.15) is 12.8 Å². The molecule has 0 saturated heterocycles. The van der Waals surface area contributed by atoms with Gasteiger partial charge in [0, 0.05) is 0 Å². The van der Waals surface area contributed by atoms with E-state index in [1.807, 2.05) is 39.3 Å². The smallest absolute Gasteiger partial charge is 0.338 e. The molecule has 3 nitrogen and oxygen atoms in total. The number of carbonyl (C=O) groups excluding carboxylic acids is 1. The topological polar surface area (TPSA) is 35.5 Å². The highest BCUT2D eigenvalue weighted by Crippen LogP contribution is 2.67. The zero-order valence-electron chi connectivity index (χ0n) is 12.4. The number of halogens is 2. The first-order valence-electron chi connectivity index (χ1n) is 6.61. The second-order valence-electron chi connectivity index (χ2n) is 7.49. The molecular weight excluding hydrogens is 286 g/mol. The first kappa shape index (κ1) is 15.3. The maximum atomic E-state index is 14.1. The Morgan fingerprint density at radius 1 is 0.947 bits per heavy atom. The van der Waals surface area contributed by atoms with Crippen molar-refractivity contribution in [1.82, 2.24) is 0 Å². The van der Waals surface area contributed by atoms with Crippen LogP contribution in [0.4, 0.5) is 8.78 Å². The first-order chi connectivity index (χ1) is 8.28. The van der Waals surface area contributed by atoms with Gasteiger partial charge in [0.2, 0.25) is 5.78 Å². The fourth-order valence-corrected chi connectivity index (χ4v) is 5.93. The van der Waals surface area contributed by atoms with Crippen molar-refractivity contribution < 1.29 is 22.4 Å². The van der Waals surface area contributed by atoms with Crippen molar-refractivity contribution in [3.05, 3.63) is 0 Å². The molecule has 0 radical (unpaired) electrons. The minimum absolute atomic E-state index is 0.209. The number of rotatable bonds is 4. The summed E-state index contributed by atoms with van der Waals surface area (Å²) in [5.74, 6) is -4.47. The third-order valence-corrected chi connectivity index (χ3v) is 5.52. The zero-order valence-corrected chi connectivity index (χ0v) is 14.4. The van der Waals surface area contributed by atoms with Crippen LogP contribution in [-0.2, 0) is 13.6 Å². The highest BCUT2D eigenvalue weighted by atomic mass is 28.4. The van der Waals surface area contributed by atoms with Crippen LogP contribution in [-0.4, -0.2) is 39.5 Å². The van der Waals surface area contributed by atoms with Gasteiger partial charge in [0.25, 0.3) is 0 Å². The Morgan fingerprint density at radius 3 is 1.74 bits per heavy atom. The van der Waals surface area contributed by atoms with E-state index in [2.05, 4.69) is 0 Å². The number of hydrogen-bond acceptors (Lipinski definition) is 3. The summed E-state index contributed by atoms with van der Waals surface area (Å²) in [6.45, 7) is 11.3. The average molecular weight is 308 g/mol. The third kappa shape index (κ3) is 1.89. The lowest BCUT2D eigenvalue weighted by molar-refractivity contribution is -0.333. The average Bonchev–Trinajstić information content (AvgIpc) is 2.16. The fourth-order valence-electron chi connectivity index (χ4n) is 3.08. The normalized spacial score (nSPS) is 37.4. The van der Waals surface area contributed by atoms with Crippen LogP contribution in [0, 0.1) is 0 Å². The van der Waals surface area contributed by atoms with Crippen molar-refractivity contribution in [3.8, 4) is 0 Å². The van der Waals surface area contributed by atoms with Crippen molar-refractivity contribution in [2.45, 2.75) is 69.2 Å². The van der Waals surface area contributed by atoms with Crippen molar-refractivity contribution in [3.63, 3.8) is 0 Å². The van der Waals surface area contributed by atoms with Crippen LogP contribution in [0.2, 0.25) is 39.3 Å². The lowest BCUT2D eigenvalue weighted by Gasteiger charge is -2.70. The predicted molar refractivity (Wildman–Crippen MR) is 73.5 cm³/mol. The molecule has 2 atom stereocenters. The van der Waals surface area contributed by atoms with E-state index in [1.54, 1.807) is 0 Å². The van der Waals surface area contributed by atoms with Gasteiger partial charge in [-0.25, -0.2) is 0 Å². The number of fused-ring (bicyclic) bond motifs is 1. The predicted octanol–water partition coefficient (Wildman–Crippen LogP) is 3.18. The van der Waals surface area contributed by atoms with Crippen molar-refractivity contribution >= 4 is 22.4 Å². The van der Waals surface area contributed by atoms with Crippen LogP contribution in [0.15, 0.2) is 0 Å². The first-order valence-corrected chi connectivity index (χ1v) is 13.4. The van der Waals surface area contributed by atoms with Crippen LogP contribution in [0.3, 0.4) is 0 Å². The molecule has 0 bridgehead atoms. The monoisotopic (exact) mass is 308 g/mol. The minimum Gasteiger partial charge on any atom is -0.403 e. The van der Waals surface area contributed by atoms with E-state index < -0.39 is 39.5 Å². The van der Waals surface area contributed by atoms with Gasteiger partial charge in [0.1, 0.15) is 0 Å². The largest absolute Gasteiger partial charge is 0.403 e. The third-order valence-electron chi connectivity index (χ3n) is 3.60. The number of ketones is 1. The quantitative estimate of drug-likeness (QED) is 0.748. The molecule has 0 aromatic carbocycles. The molecule has 0 aliphatic heterocycles. The summed E-state index contributed by atoms with van der Waals surface area (Å²) in [5.41, 5.74) is -3.07. The van der Waals surface area contributed by atoms with Gasteiger partial charge in [0.15, 0.2) is 27.8 Å². The molecule has 0 amide bonds. The van der Waals surface area contributed by atoms with Gasteiger partial charge in [-0.3, -0.25) is 4.79 Å². The number of Topliss-reactive ketones (excluding diaryl/α,β-unsaturated/α-hetero) is 1. The van der Waals surface area contributed by atoms with Crippen molar-refractivity contribution in [2.75, 3.05) is 0 Å². The maximum Gasteiger partial charge on any atom is 0.338 e. The molecule has 2 rings (SSSR count). The maximum absolute atomic E-state index is 14.1. The van der Waals surface area contributed by atoms with Crippen LogP contribution >= 0.6 is 0 Å². The summed E-state index contributed by atoms with van der Waals surface area (Å²) in [5, 5.41) is 0. The molecule has 0 heterocycles. The molecule has 7 heteroatoms. The summed E-state index contributed by atoms with van der Waals surface area (Å²) < 4.78 is 39.9. The van der Waals surface area contributed by atoms with Gasteiger partial charge in [-0.15, -0.1) is 0 Å². The van der Waals surface area contributed by atoms with Crippen LogP contribution in [0.25, 0.3) is 0 Å². The van der Waals surface area contributed by atoms with Crippen molar-refractivity contribution in [1.29, 1.82) is 0 Å². The van der Waals surface area contributed by atoms with Gasteiger partial charge in [0.05, 0.1) is 0 Å². The van der Waals surface area contributed by atoms with Gasteiger partial charge < -0.3 is 8.85 Å². The highest BCUT2D eigenvalue weighted by molar-refractivity contribution is 6.70. The zero-order chi connectivity index (χ0) is 14.9. The molecule has 2 unspecified atom stereocenters. The van der Waals surface area contributed by atoms with E-state index in [-0.39, 0.29) is 6.42 Å². The summed E-state index contributed by atoms with van der Waals surface area (Å²) in [7, 11) is -4.29. The number of carbonyl (C=O) groups is 1. The summed E-state index contributed by atoms with van der Waals surface area (Å²) >= 11 is 0. The lowest BCUT2D eigenvalue weighted by atomic mass is 9.48. The molecule has 2 saturated carbocycles. The van der Waals surface area contributed by atoms with Gasteiger partial charge in [-0.2, -0.15) is 8.78 Å². The van der Waals surface area contributed by atoms with E-state index >= 15 is 0 Å². The Labute approximate surface area is 114 Å². The molecule has 2 aliphatic carbocycles. The Kier molecular flexibility index (Phi) is 3.01. The lowest BCUT2D eigenvalue weighted by Crippen LogP contribution is -2.92. The molecule has 2 fully saturated rings. The number of alkyl halides is 2. The Bertz CT molecular complexity index is 428. The van der Waals surface area contributed by atoms with Gasteiger partial charge in [-0.05, 0) is 52.1 Å². The summed E-state index contributed by atoms with van der Waals surface area (Å²) in [6, 6.07) is 0. The number of hydrogen-bond donors (Lipinski definition) is 0. The Hall–Kier alpha value is -0.116. The van der Waals surface area contributed by atoms with E-state index in [9.17, 15) is 13.6 Å². The molecular formula is C12H22F2O3Si2. The molecule has 110 valence electrons. The van der Waals surface area contributed by atoms with Gasteiger partial charge >= 0.3 is 5.92 Å². The molecule has 2 aliphatic rings. The van der Waals surface area contributed by atoms with Crippen molar-refractivity contribution in [2.24, 2.45) is 0 Å². The highest BCUT2D eigenvalue weighted by Gasteiger charge is 2.91. The van der Waals surface area contributed by atoms with Gasteiger partial charge in [-0.1, -0.05) is 0 Å². The SMILES string of the molecule is C[Si](C)(C)OC12CCC1(O[Si](C)(C)C)C(F)(F)C2=O. The van der Waals surface area contributed by atoms with E-state index in [0.717, 1.165) is 0 Å². The summed E-state index contributed by atoms with van der Waals surface area (Å²) in [6.07, 6.45) is 0.566. The molecule has 0 N–H and O–H groups in total. The Balaban J connectivity index is 2.37.